The van der Waals surface area contributed by atoms with Gasteiger partial charge in [0.2, 0.25) is 0 Å². The van der Waals surface area contributed by atoms with Crippen LogP contribution >= 0.6 is 0 Å². The Morgan fingerprint density at radius 2 is 1.91 bits per heavy atom. The third kappa shape index (κ3) is 2.84. The van der Waals surface area contributed by atoms with Gasteiger partial charge in [-0.15, -0.1) is 0 Å². The van der Waals surface area contributed by atoms with Crippen molar-refractivity contribution in [2.24, 2.45) is 11.8 Å². The minimum atomic E-state index is -0.123. The van der Waals surface area contributed by atoms with Gasteiger partial charge in [-0.1, -0.05) is 31.1 Å². The number of esters is 1. The molecule has 0 aromatic heterocycles. The highest BCUT2D eigenvalue weighted by Gasteiger charge is 2.35. The lowest BCUT2D eigenvalue weighted by molar-refractivity contribution is 0.0127. The molecule has 1 aromatic rings. The van der Waals surface area contributed by atoms with Gasteiger partial charge in [0, 0.05) is 0 Å². The first-order chi connectivity index (χ1) is 10.8. The third-order valence-electron chi connectivity index (χ3n) is 5.61. The van der Waals surface area contributed by atoms with E-state index < -0.39 is 0 Å². The molecule has 2 nitrogen and oxygen atoms in total. The fraction of sp³-hybridized carbons (Fsp3) is 0.550. The summed E-state index contributed by atoms with van der Waals surface area (Å²) >= 11 is 0. The summed E-state index contributed by atoms with van der Waals surface area (Å²) in [5.74, 6) is 1.48. The van der Waals surface area contributed by atoms with Gasteiger partial charge >= 0.3 is 5.97 Å². The van der Waals surface area contributed by atoms with Gasteiger partial charge in [-0.3, -0.25) is 0 Å². The molecule has 0 radical (unpaired) electrons. The summed E-state index contributed by atoms with van der Waals surface area (Å²) < 4.78 is 5.82. The van der Waals surface area contributed by atoms with Crippen LogP contribution in [0.1, 0.15) is 66.4 Å². The van der Waals surface area contributed by atoms with Crippen molar-refractivity contribution in [1.82, 2.24) is 0 Å². The lowest BCUT2D eigenvalue weighted by Gasteiger charge is -2.27. The minimum Gasteiger partial charge on any atom is -0.459 e. The van der Waals surface area contributed by atoms with Gasteiger partial charge in [-0.25, -0.2) is 4.79 Å². The molecule has 4 rings (SSSR count). The summed E-state index contributed by atoms with van der Waals surface area (Å²) in [6, 6.07) is 6.04. The number of benzene rings is 1. The lowest BCUT2D eigenvalue weighted by atomic mass is 9.87. The molecule has 2 atom stereocenters. The number of allylic oxidation sites excluding steroid dienone is 1. The topological polar surface area (TPSA) is 26.3 Å². The Hall–Kier alpha value is -1.57. The van der Waals surface area contributed by atoms with Crippen molar-refractivity contribution in [3.63, 3.8) is 0 Å². The second-order valence-corrected chi connectivity index (χ2v) is 7.25. The molecule has 2 bridgehead atoms. The normalized spacial score (nSPS) is 29.7. The molecule has 3 aliphatic rings. The highest BCUT2D eigenvalue weighted by Crippen LogP contribution is 2.43. The van der Waals surface area contributed by atoms with E-state index in [0.29, 0.717) is 0 Å². The number of carbonyl (C=O) groups is 1. The molecule has 1 aromatic carbocycles. The Labute approximate surface area is 132 Å². The summed E-state index contributed by atoms with van der Waals surface area (Å²) in [7, 11) is 0. The smallest absolute Gasteiger partial charge is 0.338 e. The maximum Gasteiger partial charge on any atom is 0.338 e. The monoisotopic (exact) mass is 296 g/mol. The first kappa shape index (κ1) is 14.0. The zero-order valence-electron chi connectivity index (χ0n) is 13.1. The molecule has 0 aliphatic heterocycles. The van der Waals surface area contributed by atoms with E-state index in [1.807, 2.05) is 12.1 Å². The maximum absolute atomic E-state index is 12.5. The van der Waals surface area contributed by atoms with E-state index in [1.54, 1.807) is 0 Å². The van der Waals surface area contributed by atoms with E-state index >= 15 is 0 Å². The van der Waals surface area contributed by atoms with Crippen molar-refractivity contribution in [2.45, 2.75) is 57.5 Å². The summed E-state index contributed by atoms with van der Waals surface area (Å²) in [4.78, 5) is 12.5. The predicted octanol–water partition coefficient (Wildman–Crippen LogP) is 4.77. The molecule has 2 heteroatoms. The van der Waals surface area contributed by atoms with E-state index in [-0.39, 0.29) is 12.1 Å². The molecule has 2 saturated carbocycles. The molecule has 22 heavy (non-hydrogen) atoms. The summed E-state index contributed by atoms with van der Waals surface area (Å²) in [5, 5.41) is 0. The fourth-order valence-corrected chi connectivity index (χ4v) is 4.49. The molecule has 2 unspecified atom stereocenters. The third-order valence-corrected chi connectivity index (χ3v) is 5.61. The number of aryl methyl sites for hydroxylation is 1. The quantitative estimate of drug-likeness (QED) is 0.735. The van der Waals surface area contributed by atoms with Crippen LogP contribution < -0.4 is 0 Å². The second-order valence-electron chi connectivity index (χ2n) is 7.25. The van der Waals surface area contributed by atoms with Crippen LogP contribution in [-0.4, -0.2) is 12.1 Å². The molecular weight excluding hydrogens is 272 g/mol. The number of carbonyl (C=O) groups excluding carboxylic acids is 1. The van der Waals surface area contributed by atoms with Gasteiger partial charge in [-0.2, -0.15) is 0 Å². The van der Waals surface area contributed by atoms with Gasteiger partial charge in [0.25, 0.3) is 0 Å². The molecule has 3 aliphatic carbocycles. The number of hydrogen-bond acceptors (Lipinski definition) is 2. The van der Waals surface area contributed by atoms with Crippen LogP contribution in [-0.2, 0) is 11.2 Å². The van der Waals surface area contributed by atoms with Crippen LogP contribution in [0.15, 0.2) is 24.3 Å². The summed E-state index contributed by atoms with van der Waals surface area (Å²) in [5.41, 5.74) is 3.27. The maximum atomic E-state index is 12.5. The average Bonchev–Trinajstić information content (AvgIpc) is 2.74. The van der Waals surface area contributed by atoms with Crippen LogP contribution in [0.2, 0.25) is 0 Å². The van der Waals surface area contributed by atoms with E-state index in [1.165, 1.54) is 30.4 Å². The van der Waals surface area contributed by atoms with Gasteiger partial charge in [0.1, 0.15) is 6.10 Å². The number of ether oxygens (including phenoxy) is 1. The van der Waals surface area contributed by atoms with Gasteiger partial charge < -0.3 is 4.74 Å². The number of rotatable bonds is 2. The van der Waals surface area contributed by atoms with Crippen LogP contribution in [0.5, 0.6) is 0 Å². The first-order valence-corrected chi connectivity index (χ1v) is 8.78. The van der Waals surface area contributed by atoms with Crippen LogP contribution in [0.4, 0.5) is 0 Å². The number of fused-ring (bicyclic) bond motifs is 3. The zero-order valence-corrected chi connectivity index (χ0v) is 13.1. The second kappa shape index (κ2) is 5.91. The molecule has 0 heterocycles. The average molecular weight is 296 g/mol. The molecule has 2 fully saturated rings. The molecule has 0 N–H and O–H groups in total. The Morgan fingerprint density at radius 3 is 2.73 bits per heavy atom. The Morgan fingerprint density at radius 1 is 1.09 bits per heavy atom. The Balaban J connectivity index is 1.46. The van der Waals surface area contributed by atoms with Crippen LogP contribution in [0, 0.1) is 11.8 Å². The van der Waals surface area contributed by atoms with Gasteiger partial charge in [-0.05, 0) is 73.6 Å². The minimum absolute atomic E-state index is 0.123. The van der Waals surface area contributed by atoms with Crippen molar-refractivity contribution >= 4 is 12.0 Å². The van der Waals surface area contributed by atoms with Gasteiger partial charge in [0.15, 0.2) is 0 Å². The highest BCUT2D eigenvalue weighted by molar-refractivity contribution is 5.90. The fourth-order valence-electron chi connectivity index (χ4n) is 4.49. The molecule has 0 amide bonds. The van der Waals surface area contributed by atoms with Crippen molar-refractivity contribution in [3.05, 3.63) is 41.0 Å². The molecular formula is C20H24O2. The zero-order chi connectivity index (χ0) is 14.9. The number of hydrogen-bond donors (Lipinski definition) is 0. The van der Waals surface area contributed by atoms with Crippen molar-refractivity contribution in [3.8, 4) is 0 Å². The largest absolute Gasteiger partial charge is 0.459 e. The predicted molar refractivity (Wildman–Crippen MR) is 87.7 cm³/mol. The van der Waals surface area contributed by atoms with E-state index in [9.17, 15) is 4.79 Å². The SMILES string of the molecule is O=C(OC1CC2CCC(C2)C1)c1ccc2c(c1)CCCC=C2. The van der Waals surface area contributed by atoms with E-state index in [0.717, 1.165) is 49.5 Å². The van der Waals surface area contributed by atoms with E-state index in [4.69, 9.17) is 4.74 Å². The summed E-state index contributed by atoms with van der Waals surface area (Å²) in [6.07, 6.45) is 14.1. The molecule has 116 valence electrons. The lowest BCUT2D eigenvalue weighted by Crippen LogP contribution is -2.26. The molecule has 0 saturated heterocycles. The van der Waals surface area contributed by atoms with Crippen LogP contribution in [0.25, 0.3) is 6.08 Å². The van der Waals surface area contributed by atoms with Crippen molar-refractivity contribution < 1.29 is 9.53 Å². The van der Waals surface area contributed by atoms with Gasteiger partial charge in [0.05, 0.1) is 5.56 Å². The molecule has 0 spiro atoms. The Kier molecular flexibility index (Phi) is 3.77. The first-order valence-electron chi connectivity index (χ1n) is 8.78. The standard InChI is InChI=1S/C20H24O2/c21-20(22-19-11-14-6-7-15(10-14)12-19)18-9-8-16-4-2-1-3-5-17(16)13-18/h2,4,8-9,13-15,19H,1,3,5-7,10-12H2. The Bertz CT molecular complexity index is 590. The van der Waals surface area contributed by atoms with Crippen LogP contribution in [0.3, 0.4) is 0 Å². The van der Waals surface area contributed by atoms with Crippen molar-refractivity contribution in [1.29, 1.82) is 0 Å². The summed E-state index contributed by atoms with van der Waals surface area (Å²) in [6.45, 7) is 0. The van der Waals surface area contributed by atoms with E-state index in [2.05, 4.69) is 18.2 Å². The highest BCUT2D eigenvalue weighted by atomic mass is 16.5. The van der Waals surface area contributed by atoms with Crippen molar-refractivity contribution in [2.75, 3.05) is 0 Å².